The van der Waals surface area contributed by atoms with E-state index in [1.165, 1.54) is 11.0 Å². The molecule has 4 bridgehead atoms. The Labute approximate surface area is 345 Å². The van der Waals surface area contributed by atoms with Gasteiger partial charge in [-0.05, 0) is 95.1 Å². The Morgan fingerprint density at radius 3 is 2.53 bits per heavy atom. The summed E-state index contributed by atoms with van der Waals surface area (Å²) in [5, 5.41) is 5.92. The molecule has 16 heteroatoms. The topological polar surface area (TPSA) is 192 Å². The summed E-state index contributed by atoms with van der Waals surface area (Å²) < 4.78 is 52.5. The van der Waals surface area contributed by atoms with Gasteiger partial charge in [0.15, 0.2) is 0 Å². The zero-order valence-corrected chi connectivity index (χ0v) is 35.1. The second kappa shape index (κ2) is 16.1. The van der Waals surface area contributed by atoms with Crippen molar-refractivity contribution < 1.29 is 46.5 Å². The van der Waals surface area contributed by atoms with Crippen molar-refractivity contribution in [2.24, 2.45) is 17.3 Å². The van der Waals surface area contributed by atoms with Crippen LogP contribution < -0.4 is 29.6 Å². The van der Waals surface area contributed by atoms with E-state index >= 15 is 0 Å². The van der Waals surface area contributed by atoms with Crippen molar-refractivity contribution in [1.29, 1.82) is 0 Å². The fourth-order valence-corrected chi connectivity index (χ4v) is 11.4. The van der Waals surface area contributed by atoms with Crippen LogP contribution in [-0.2, 0) is 35.6 Å². The van der Waals surface area contributed by atoms with Gasteiger partial charge >= 0.3 is 6.09 Å². The van der Waals surface area contributed by atoms with E-state index in [1.54, 1.807) is 13.2 Å². The number of sulfonamides is 1. The lowest BCUT2D eigenvalue weighted by Gasteiger charge is -2.34. The number of carbonyl (C=O) groups is 4. The van der Waals surface area contributed by atoms with E-state index < -0.39 is 68.7 Å². The Morgan fingerprint density at radius 2 is 1.83 bits per heavy atom. The predicted octanol–water partition coefficient (Wildman–Crippen LogP) is 4.84. The first-order valence-corrected chi connectivity index (χ1v) is 22.9. The van der Waals surface area contributed by atoms with E-state index in [4.69, 9.17) is 23.9 Å². The molecule has 15 nitrogen and oxygen atoms in total. The van der Waals surface area contributed by atoms with E-state index in [2.05, 4.69) is 28.9 Å². The summed E-state index contributed by atoms with van der Waals surface area (Å²) >= 11 is 0. The predicted molar refractivity (Wildman–Crippen MR) is 217 cm³/mol. The second-order valence-corrected chi connectivity index (χ2v) is 19.7. The normalized spacial score (nSPS) is 31.3. The van der Waals surface area contributed by atoms with Gasteiger partial charge < -0.3 is 34.5 Å². The molecule has 3 heterocycles. The number of amides is 4. The molecule has 1 aromatic carbocycles. The van der Waals surface area contributed by atoms with Crippen LogP contribution in [-0.4, -0.2) is 97.5 Å². The molecule has 1 aromatic heterocycles. The van der Waals surface area contributed by atoms with E-state index in [9.17, 15) is 27.6 Å². The van der Waals surface area contributed by atoms with E-state index in [-0.39, 0.29) is 36.8 Å². The Bertz CT molecular complexity index is 2120. The molecule has 0 radical (unpaired) electrons. The number of pyridine rings is 1. The van der Waals surface area contributed by atoms with Gasteiger partial charge in [0.05, 0.1) is 31.0 Å². The molecule has 320 valence electrons. The number of methoxy groups -OCH3 is 1. The average Bonchev–Trinajstić information content (AvgIpc) is 4.02. The summed E-state index contributed by atoms with van der Waals surface area (Å²) in [5.41, 5.74) is -0.258. The molecule has 4 saturated carbocycles. The minimum atomic E-state index is -3.91. The number of rotatable bonds is 10. The second-order valence-electron chi connectivity index (χ2n) is 17.7. The molecule has 4 amide bonds. The lowest BCUT2D eigenvalue weighted by molar-refractivity contribution is -0.142. The summed E-state index contributed by atoms with van der Waals surface area (Å²) in [7, 11) is -2.28. The number of hydrogen-bond acceptors (Lipinski definition) is 11. The highest BCUT2D eigenvalue weighted by atomic mass is 32.2. The summed E-state index contributed by atoms with van der Waals surface area (Å²) in [4.78, 5) is 63.3. The maximum absolute atomic E-state index is 15.0. The van der Waals surface area contributed by atoms with Gasteiger partial charge in [-0.2, -0.15) is 0 Å². The lowest BCUT2D eigenvalue weighted by Crippen LogP contribution is -2.59. The van der Waals surface area contributed by atoms with Gasteiger partial charge in [0.25, 0.3) is 5.91 Å². The number of aryl methyl sites for hydroxylation is 1. The number of ether oxygens (including phenoxy) is 4. The van der Waals surface area contributed by atoms with Gasteiger partial charge in [-0.1, -0.05) is 25.8 Å². The summed E-state index contributed by atoms with van der Waals surface area (Å²) in [6.07, 6.45) is 9.06. The lowest BCUT2D eigenvalue weighted by atomic mass is 9.81. The zero-order valence-electron chi connectivity index (χ0n) is 34.3. The quantitative estimate of drug-likeness (QED) is 0.278. The van der Waals surface area contributed by atoms with Crippen LogP contribution in [0, 0.1) is 17.3 Å². The van der Waals surface area contributed by atoms with Gasteiger partial charge in [-0.3, -0.25) is 19.1 Å². The maximum atomic E-state index is 15.0. The summed E-state index contributed by atoms with van der Waals surface area (Å²) in [5.74, 6) is -1.11. The molecular weight excluding hydrogens is 779 g/mol. The van der Waals surface area contributed by atoms with Gasteiger partial charge in [-0.15, -0.1) is 6.58 Å². The van der Waals surface area contributed by atoms with E-state index in [0.29, 0.717) is 48.8 Å². The van der Waals surface area contributed by atoms with E-state index in [1.807, 2.05) is 19.1 Å². The summed E-state index contributed by atoms with van der Waals surface area (Å²) in [6.45, 7) is 8.21. The monoisotopic (exact) mass is 835 g/mol. The van der Waals surface area contributed by atoms with Gasteiger partial charge in [-0.25, -0.2) is 18.2 Å². The molecule has 59 heavy (non-hydrogen) atoms. The standard InChI is InChI=1S/C43H57N5O10S/c1-5-27-23-43(27,40(51)47-59(53,54)29-15-16-29)46-38(49)32-20-28-24-48(32)39(50)37(25-11-7-8-12-25)45-41(52)58-35-14-10-18-42(35,3)17-9-13-26-19-30-31(21-33(26)55-4)44-36(56-6-2)22-34(30)57-28/h5,19,21-22,25,27-29,32,35,37H,1,6-18,20,23-24H2,2-4H3,(H,45,52)(H,46,49)(H,47,51)/t27-,28-,32+,35-,37+,42-,43-/m1/s1. The average molecular weight is 836 g/mol. The molecule has 7 atom stereocenters. The minimum absolute atomic E-state index is 0.00545. The third-order valence-corrected chi connectivity index (χ3v) is 15.5. The summed E-state index contributed by atoms with van der Waals surface area (Å²) in [6, 6.07) is 3.53. The molecule has 3 N–H and O–H groups in total. The Balaban J connectivity index is 1.17. The van der Waals surface area contributed by atoms with Crippen molar-refractivity contribution in [3.8, 4) is 17.4 Å². The first kappa shape index (κ1) is 41.1. The van der Waals surface area contributed by atoms with Crippen LogP contribution in [0.25, 0.3) is 10.9 Å². The molecule has 0 spiro atoms. The fourth-order valence-electron chi connectivity index (χ4n) is 10.0. The van der Waals surface area contributed by atoms with Crippen molar-refractivity contribution in [2.45, 2.75) is 139 Å². The number of nitrogens with zero attached hydrogens (tertiary/aromatic N) is 2. The van der Waals surface area contributed by atoms with Crippen LogP contribution in [0.2, 0.25) is 0 Å². The van der Waals surface area contributed by atoms with Crippen molar-refractivity contribution in [3.05, 3.63) is 36.4 Å². The number of hydrogen-bond donors (Lipinski definition) is 3. The number of nitrogens with one attached hydrogen (secondary N) is 3. The molecule has 8 rings (SSSR count). The molecule has 0 unspecified atom stereocenters. The maximum Gasteiger partial charge on any atom is 0.408 e. The Morgan fingerprint density at radius 1 is 1.07 bits per heavy atom. The molecule has 4 aliphatic carbocycles. The molecular formula is C43H57N5O10S. The zero-order chi connectivity index (χ0) is 41.7. The van der Waals surface area contributed by atoms with Gasteiger partial charge in [0, 0.05) is 35.3 Å². The molecule has 2 aliphatic heterocycles. The van der Waals surface area contributed by atoms with E-state index in [0.717, 1.165) is 68.7 Å². The van der Waals surface area contributed by atoms with Crippen molar-refractivity contribution >= 4 is 44.7 Å². The van der Waals surface area contributed by atoms with Crippen LogP contribution in [0.1, 0.15) is 103 Å². The van der Waals surface area contributed by atoms with Gasteiger partial charge in [0.1, 0.15) is 41.3 Å². The molecule has 6 aliphatic rings. The first-order chi connectivity index (χ1) is 28.3. The highest BCUT2D eigenvalue weighted by Gasteiger charge is 2.62. The number of fused-ring (bicyclic) bond motifs is 4. The van der Waals surface area contributed by atoms with Crippen LogP contribution in [0.3, 0.4) is 0 Å². The number of benzene rings is 1. The van der Waals surface area contributed by atoms with Crippen LogP contribution in [0.15, 0.2) is 30.9 Å². The molecule has 5 fully saturated rings. The third-order valence-electron chi connectivity index (χ3n) is 13.7. The first-order valence-electron chi connectivity index (χ1n) is 21.4. The SMILES string of the molecule is C=C[C@@H]1C[C@]1(NC(=O)[C@@H]1C[C@@H]2CN1C(=O)[C@H](C1CCCC1)NC(=O)O[C@@H]1CCC[C@@]1(C)CCCc1cc3c(cc(OCC)nc3cc1OC)O2)C(=O)NS(=O)(=O)C1CC1. The minimum Gasteiger partial charge on any atom is -0.496 e. The van der Waals surface area contributed by atoms with Crippen molar-refractivity contribution in [3.63, 3.8) is 0 Å². The van der Waals surface area contributed by atoms with Crippen LogP contribution in [0.5, 0.6) is 17.4 Å². The van der Waals surface area contributed by atoms with Crippen molar-refractivity contribution in [2.75, 3.05) is 20.3 Å². The number of aromatic nitrogens is 1. The highest BCUT2D eigenvalue weighted by molar-refractivity contribution is 7.91. The Hall–Kier alpha value is -4.60. The fraction of sp³-hybridized carbons (Fsp3) is 0.651. The molecule has 1 saturated heterocycles. The van der Waals surface area contributed by atoms with Crippen LogP contribution in [0.4, 0.5) is 4.79 Å². The molecule has 2 aromatic rings. The van der Waals surface area contributed by atoms with Crippen LogP contribution >= 0.6 is 0 Å². The largest absolute Gasteiger partial charge is 0.496 e. The highest BCUT2D eigenvalue weighted by Crippen LogP contribution is 2.47. The number of alkyl carbamates (subject to hydrolysis) is 1. The Kier molecular flexibility index (Phi) is 11.2. The van der Waals surface area contributed by atoms with Crippen molar-refractivity contribution in [1.82, 2.24) is 25.2 Å². The van der Waals surface area contributed by atoms with Gasteiger partial charge in [0.2, 0.25) is 27.7 Å². The smallest absolute Gasteiger partial charge is 0.408 e. The third kappa shape index (κ3) is 8.17. The number of carbonyl (C=O) groups excluding carboxylic acids is 4.